The molecule has 3 heterocycles. The summed E-state index contributed by atoms with van der Waals surface area (Å²) in [4.78, 5) is 9.82. The molecule has 2 aliphatic rings. The van der Waals surface area contributed by atoms with Crippen LogP contribution in [-0.2, 0) is 52.2 Å². The van der Waals surface area contributed by atoms with E-state index in [4.69, 9.17) is 19.1 Å². The van der Waals surface area contributed by atoms with Crippen LogP contribution >= 0.6 is 0 Å². The van der Waals surface area contributed by atoms with Gasteiger partial charge in [-0.25, -0.2) is 16.1 Å². The van der Waals surface area contributed by atoms with E-state index in [0.29, 0.717) is 11.6 Å². The van der Waals surface area contributed by atoms with Crippen LogP contribution in [-0.4, -0.2) is 9.97 Å². The van der Waals surface area contributed by atoms with Crippen molar-refractivity contribution >= 4 is 21.9 Å². The molecule has 5 heteroatoms. The van der Waals surface area contributed by atoms with Gasteiger partial charge in [0.25, 0.3) is 0 Å². The Hall–Kier alpha value is -4.53. The zero-order valence-electron chi connectivity index (χ0n) is 27.2. The number of rotatable bonds is 4. The van der Waals surface area contributed by atoms with E-state index in [1.54, 1.807) is 0 Å². The van der Waals surface area contributed by atoms with Crippen molar-refractivity contribution < 1.29 is 30.2 Å². The molecule has 0 bridgehead atoms. The molecule has 0 unspecified atom stereocenters. The van der Waals surface area contributed by atoms with Crippen molar-refractivity contribution in [3.63, 3.8) is 0 Å². The largest absolute Gasteiger partial charge is 2.00 e. The number of pyridine rings is 2. The number of nitrogens with zero attached hydrogens (tertiary/aromatic N) is 2. The standard InChI is InChI=1S/C43H34N2O2.Pt/c1-42(2,3)32-20-31(27-10-5-4-6-11-27)21-33(22-32)46-38-15-9-14-36(45-38)40-39-34-17-16-30-25-43(23-28-12-7-8-13-29(28)24-43)26-35(30)41(34)47-37(39)18-19-44-40;/h4-10,12-20,22H,23-26H2,1-3H3;/q-2;+2. The Morgan fingerprint density at radius 3 is 2.35 bits per heavy atom. The molecule has 0 N–H and O–H groups in total. The van der Waals surface area contributed by atoms with Gasteiger partial charge in [-0.2, -0.15) is 30.3 Å². The van der Waals surface area contributed by atoms with E-state index < -0.39 is 0 Å². The van der Waals surface area contributed by atoms with Crippen LogP contribution in [0.2, 0.25) is 0 Å². The fourth-order valence-corrected chi connectivity index (χ4v) is 7.75. The van der Waals surface area contributed by atoms with Crippen molar-refractivity contribution in [1.29, 1.82) is 0 Å². The molecule has 0 fully saturated rings. The van der Waals surface area contributed by atoms with E-state index in [9.17, 15) is 0 Å². The molecule has 1 spiro atoms. The van der Waals surface area contributed by atoms with Crippen LogP contribution in [0.5, 0.6) is 11.6 Å². The molecule has 9 rings (SSSR count). The van der Waals surface area contributed by atoms with Crippen LogP contribution in [0, 0.1) is 17.5 Å². The molecular formula is C43H34N2O2Pt. The molecule has 4 aromatic carbocycles. The molecule has 3 aromatic heterocycles. The smallest absolute Gasteiger partial charge is 0.460 e. The van der Waals surface area contributed by atoms with Gasteiger partial charge in [0, 0.05) is 23.4 Å². The van der Waals surface area contributed by atoms with E-state index in [-0.39, 0.29) is 31.9 Å². The zero-order valence-corrected chi connectivity index (χ0v) is 29.4. The minimum Gasteiger partial charge on any atom is -0.460 e. The van der Waals surface area contributed by atoms with Crippen LogP contribution in [0.25, 0.3) is 44.5 Å². The molecule has 0 aliphatic heterocycles. The molecule has 4 nitrogen and oxygen atoms in total. The van der Waals surface area contributed by atoms with Gasteiger partial charge < -0.3 is 9.15 Å². The fraction of sp³-hybridized carbons (Fsp3) is 0.209. The van der Waals surface area contributed by atoms with Gasteiger partial charge >= 0.3 is 21.1 Å². The summed E-state index contributed by atoms with van der Waals surface area (Å²) in [6.07, 6.45) is 6.20. The van der Waals surface area contributed by atoms with Crippen LogP contribution in [0.4, 0.5) is 0 Å². The average Bonchev–Trinajstić information content (AvgIpc) is 3.76. The first-order valence-electron chi connectivity index (χ1n) is 16.4. The maximum atomic E-state index is 6.66. The Morgan fingerprint density at radius 1 is 0.792 bits per heavy atom. The Bertz CT molecular complexity index is 2310. The fourth-order valence-electron chi connectivity index (χ4n) is 7.75. The Labute approximate surface area is 295 Å². The van der Waals surface area contributed by atoms with E-state index in [1.807, 2.05) is 54.7 Å². The monoisotopic (exact) mass is 805 g/mol. The van der Waals surface area contributed by atoms with Gasteiger partial charge in [-0.15, -0.1) is 17.7 Å². The van der Waals surface area contributed by atoms with E-state index >= 15 is 0 Å². The third-order valence-electron chi connectivity index (χ3n) is 10.0. The van der Waals surface area contributed by atoms with Crippen molar-refractivity contribution in [2.75, 3.05) is 0 Å². The van der Waals surface area contributed by atoms with Gasteiger partial charge in [0.1, 0.15) is 16.9 Å². The van der Waals surface area contributed by atoms with E-state index in [2.05, 4.69) is 81.4 Å². The first kappa shape index (κ1) is 30.8. The number of fused-ring (bicyclic) bond motifs is 6. The second kappa shape index (κ2) is 11.6. The average molecular weight is 806 g/mol. The molecular weight excluding hydrogens is 772 g/mol. The van der Waals surface area contributed by atoms with Gasteiger partial charge in [-0.1, -0.05) is 69.3 Å². The quantitative estimate of drug-likeness (QED) is 0.166. The molecule has 0 saturated carbocycles. The van der Waals surface area contributed by atoms with Gasteiger partial charge in [0.15, 0.2) is 0 Å². The van der Waals surface area contributed by atoms with Crippen molar-refractivity contribution in [3.8, 4) is 34.1 Å². The summed E-state index contributed by atoms with van der Waals surface area (Å²) in [6.45, 7) is 6.60. The van der Waals surface area contributed by atoms with Crippen LogP contribution in [0.3, 0.4) is 0 Å². The number of hydrogen-bond donors (Lipinski definition) is 0. The summed E-state index contributed by atoms with van der Waals surface area (Å²) >= 11 is 0. The van der Waals surface area contributed by atoms with Gasteiger partial charge in [-0.05, 0) is 70.9 Å². The number of furan rings is 1. The SMILES string of the molecule is CC(C)(C)c1cc(Oc2cccc(-c3nccc4oc5c6c(ccc5c34)CC3(Cc4ccccc4C3)C6)n2)[c-]c(-c2[c-]cccc2)c1.[Pt+2]. The molecule has 48 heavy (non-hydrogen) atoms. The summed E-state index contributed by atoms with van der Waals surface area (Å²) in [7, 11) is 0. The number of ether oxygens (including phenoxy) is 1. The minimum atomic E-state index is -0.0739. The third kappa shape index (κ3) is 5.27. The molecule has 0 amide bonds. The van der Waals surface area contributed by atoms with Crippen molar-refractivity contribution in [1.82, 2.24) is 9.97 Å². The van der Waals surface area contributed by atoms with E-state index in [1.165, 1.54) is 22.3 Å². The Balaban J connectivity index is 0.00000336. The van der Waals surface area contributed by atoms with Crippen molar-refractivity contribution in [2.45, 2.75) is 51.9 Å². The molecule has 238 valence electrons. The molecule has 7 aromatic rings. The first-order chi connectivity index (χ1) is 22.8. The first-order valence-corrected chi connectivity index (χ1v) is 16.4. The van der Waals surface area contributed by atoms with Crippen LogP contribution in [0.15, 0.2) is 108 Å². The maximum absolute atomic E-state index is 6.66. The molecule has 2 aliphatic carbocycles. The Morgan fingerprint density at radius 2 is 1.58 bits per heavy atom. The predicted molar refractivity (Wildman–Crippen MR) is 187 cm³/mol. The normalized spacial score (nSPS) is 14.6. The maximum Gasteiger partial charge on any atom is 2.00 e. The topological polar surface area (TPSA) is 48.2 Å². The second-order valence-electron chi connectivity index (χ2n) is 14.3. The third-order valence-corrected chi connectivity index (χ3v) is 10.0. The summed E-state index contributed by atoms with van der Waals surface area (Å²) in [5.74, 6) is 1.11. The zero-order chi connectivity index (χ0) is 31.8. The number of benzene rings is 4. The van der Waals surface area contributed by atoms with Gasteiger partial charge in [0.2, 0.25) is 5.88 Å². The summed E-state index contributed by atoms with van der Waals surface area (Å²) < 4.78 is 13.1. The molecule has 0 saturated heterocycles. The van der Waals surface area contributed by atoms with Crippen LogP contribution < -0.4 is 4.74 Å². The summed E-state index contributed by atoms with van der Waals surface area (Å²) in [6, 6.07) is 40.3. The minimum absolute atomic E-state index is 0. The second-order valence-corrected chi connectivity index (χ2v) is 14.3. The number of aromatic nitrogens is 2. The van der Waals surface area contributed by atoms with Crippen molar-refractivity contribution in [3.05, 3.63) is 143 Å². The summed E-state index contributed by atoms with van der Waals surface area (Å²) in [5, 5.41) is 2.09. The summed E-state index contributed by atoms with van der Waals surface area (Å²) in [5.41, 5.74) is 12.3. The Kier molecular flexibility index (Phi) is 7.42. The molecule has 0 radical (unpaired) electrons. The molecule has 0 atom stereocenters. The van der Waals surface area contributed by atoms with Crippen molar-refractivity contribution in [2.24, 2.45) is 5.41 Å². The van der Waals surface area contributed by atoms with E-state index in [0.717, 1.165) is 75.7 Å². The predicted octanol–water partition coefficient (Wildman–Crippen LogP) is 10.3. The number of hydrogen-bond acceptors (Lipinski definition) is 4. The van der Waals surface area contributed by atoms with Gasteiger partial charge in [-0.3, -0.25) is 4.98 Å². The van der Waals surface area contributed by atoms with Crippen LogP contribution in [0.1, 0.15) is 48.6 Å². The van der Waals surface area contributed by atoms with Gasteiger partial charge in [0.05, 0.1) is 11.1 Å².